The van der Waals surface area contributed by atoms with Crippen molar-refractivity contribution in [2.45, 2.75) is 65.6 Å². The molecule has 0 bridgehead atoms. The van der Waals surface area contributed by atoms with Gasteiger partial charge in [0, 0.05) is 34.4 Å². The standard InChI is InChI=1S/C12H18BNO2.2C8H11BO2.C6H6BNO4.C6H8BNO2.2C6H7BO2.C5H7BO4.C5H7BO3S.4CO2/c1-11(2)12(3,4)16-13(15-11)9-5-7-10(14)8-6-9;1-2-7-3-5-8(6-4-7)9(10)11;1-2-7-4-3-5-8(6-7)9(10)11;9-7(10)5-2-1-3-6(4-5)8(11)12;8-6-3-1-2-5(4-6)7(9)10;2*8-7(9)6-4-2-1-3-5-6;2*1-9-5-3-2-4(10-5)6(7)8;4*2-1-3/h5-8H,14H2,1-4H3;2*3-6,10-11H,2H2,1H3;1-4,9-10H;1-4,9-10H,8H2;2*1-5,8-9H;2*2-3,7-8H,1H3;;;;. The van der Waals surface area contributed by atoms with Gasteiger partial charge >= 0.3 is 88.7 Å². The molecule has 0 atom stereocenters. The number of rotatable bonds is 14. The van der Waals surface area contributed by atoms with Crippen molar-refractivity contribution >= 4 is 166 Å². The molecule has 3 heterocycles. The van der Waals surface area contributed by atoms with Gasteiger partial charge in [-0.1, -0.05) is 159 Å². The average Bonchev–Trinajstić information content (AvgIpc) is 1.63. The molecule has 0 aliphatic carbocycles. The Bertz CT molecular complexity index is 3900. The summed E-state index contributed by atoms with van der Waals surface area (Å²) in [6.45, 7) is 12.3. The Hall–Kier alpha value is -10.5. The monoisotopic (exact) mass is 1540 g/mol. The molecular formula is C66H82B9N3O31S. The summed E-state index contributed by atoms with van der Waals surface area (Å²) in [6, 6.07) is 57.4. The van der Waals surface area contributed by atoms with E-state index < -0.39 is 61.9 Å². The minimum Gasteiger partial charge on any atom is -0.487 e. The van der Waals surface area contributed by atoms with Crippen LogP contribution in [0.3, 0.4) is 0 Å². The number of hydrogen-bond donors (Lipinski definition) is 18. The molecule has 0 spiro atoms. The number of nitrogens with two attached hydrogens (primary N) is 2. The molecule has 7 aromatic carbocycles. The fraction of sp³-hybridized carbons (Fsp3) is 0.182. The molecule has 580 valence electrons. The Morgan fingerprint density at radius 2 is 0.800 bits per heavy atom. The number of methoxy groups -OCH3 is 2. The smallest absolute Gasteiger partial charge is 0.487 e. The van der Waals surface area contributed by atoms with Gasteiger partial charge in [-0.3, -0.25) is 10.1 Å². The average molecular weight is 1540 g/mol. The van der Waals surface area contributed by atoms with Crippen molar-refractivity contribution in [1.82, 2.24) is 0 Å². The summed E-state index contributed by atoms with van der Waals surface area (Å²) in [4.78, 5) is 74.6. The number of furan rings is 1. The van der Waals surface area contributed by atoms with Crippen LogP contribution in [0.5, 0.6) is 11.0 Å². The van der Waals surface area contributed by atoms with Crippen molar-refractivity contribution in [3.63, 3.8) is 0 Å². The molecule has 0 unspecified atom stereocenters. The van der Waals surface area contributed by atoms with Crippen molar-refractivity contribution in [3.05, 3.63) is 227 Å². The number of nitro benzene ring substituents is 1. The van der Waals surface area contributed by atoms with Crippen molar-refractivity contribution in [2.75, 3.05) is 25.7 Å². The van der Waals surface area contributed by atoms with Gasteiger partial charge in [-0.15, -0.1) is 11.3 Å². The summed E-state index contributed by atoms with van der Waals surface area (Å²) in [7, 11) is -8.73. The quantitative estimate of drug-likeness (QED) is 0.0209. The van der Waals surface area contributed by atoms with Crippen LogP contribution in [-0.4, -0.2) is 199 Å². The number of nitro groups is 1. The highest BCUT2D eigenvalue weighted by molar-refractivity contribution is 7.23. The molecule has 9 aromatic rings. The summed E-state index contributed by atoms with van der Waals surface area (Å²) < 4.78 is 26.6. The maximum Gasteiger partial charge on any atom is 0.526 e. The van der Waals surface area contributed by atoms with Gasteiger partial charge in [0.05, 0.1) is 30.3 Å². The Balaban J connectivity index is -0.00000115. The lowest BCUT2D eigenvalue weighted by molar-refractivity contribution is -0.384. The van der Waals surface area contributed by atoms with Crippen LogP contribution in [0.4, 0.5) is 17.1 Å². The Labute approximate surface area is 639 Å². The lowest BCUT2D eigenvalue weighted by Crippen LogP contribution is -2.41. The molecule has 44 heteroatoms. The number of nitrogen functional groups attached to an aromatic ring is 2. The molecule has 1 saturated heterocycles. The highest BCUT2D eigenvalue weighted by Gasteiger charge is 2.51. The number of carbonyl (C=O) groups excluding carboxylic acids is 8. The van der Waals surface area contributed by atoms with E-state index in [0.29, 0.717) is 42.8 Å². The molecule has 2 aromatic heterocycles. The molecule has 1 aliphatic heterocycles. The van der Waals surface area contributed by atoms with Gasteiger partial charge in [0.2, 0.25) is 0 Å². The molecule has 0 radical (unpaired) electrons. The van der Waals surface area contributed by atoms with Gasteiger partial charge in [-0.05, 0) is 132 Å². The molecule has 0 amide bonds. The van der Waals surface area contributed by atoms with Crippen LogP contribution in [0.1, 0.15) is 52.7 Å². The number of benzene rings is 7. The van der Waals surface area contributed by atoms with E-state index in [1.54, 1.807) is 110 Å². The fourth-order valence-corrected chi connectivity index (χ4v) is 8.16. The second-order valence-electron chi connectivity index (χ2n) is 21.8. The zero-order valence-corrected chi connectivity index (χ0v) is 61.3. The third-order valence-electron chi connectivity index (χ3n) is 13.7. The number of hydrogen-bond acceptors (Lipinski definition) is 34. The van der Waals surface area contributed by atoms with E-state index in [1.807, 2.05) is 95.3 Å². The van der Waals surface area contributed by atoms with Crippen molar-refractivity contribution in [2.24, 2.45) is 0 Å². The normalized spacial score (nSPS) is 10.6. The fourth-order valence-electron chi connectivity index (χ4n) is 7.47. The minimum absolute atomic E-state index is 0.0804. The predicted octanol–water partition coefficient (Wildman–Crippen LogP) is -5.55. The zero-order chi connectivity index (χ0) is 84.5. The van der Waals surface area contributed by atoms with Crippen molar-refractivity contribution < 1.29 is 147 Å². The maximum atomic E-state index is 10.2. The van der Waals surface area contributed by atoms with Gasteiger partial charge in [-0.25, -0.2) is 0 Å². The summed E-state index contributed by atoms with van der Waals surface area (Å²) in [5.41, 5.74) is 17.7. The third-order valence-corrected chi connectivity index (χ3v) is 14.8. The first-order valence-corrected chi connectivity index (χ1v) is 32.4. The largest absolute Gasteiger partial charge is 0.526 e. The molecule has 34 nitrogen and oxygen atoms in total. The zero-order valence-electron chi connectivity index (χ0n) is 60.5. The van der Waals surface area contributed by atoms with E-state index in [0.717, 1.165) is 35.6 Å². The van der Waals surface area contributed by atoms with E-state index in [1.165, 1.54) is 60.4 Å². The first-order valence-electron chi connectivity index (χ1n) is 31.6. The number of nitrogens with zero attached hydrogens (tertiary/aromatic N) is 1. The molecule has 110 heavy (non-hydrogen) atoms. The minimum atomic E-state index is -1.66. The van der Waals surface area contributed by atoms with E-state index in [2.05, 4.69) is 11.7 Å². The van der Waals surface area contributed by atoms with E-state index in [-0.39, 0.29) is 65.7 Å². The number of aryl methyl sites for hydroxylation is 2. The molecular weight excluding hydrogens is 1460 g/mol. The first kappa shape index (κ1) is 104. The molecule has 1 aliphatic rings. The van der Waals surface area contributed by atoms with Gasteiger partial charge in [0.1, 0.15) is 5.66 Å². The number of non-ortho nitro benzene ring substituents is 1. The maximum absolute atomic E-state index is 10.2. The summed E-state index contributed by atoms with van der Waals surface area (Å²) in [5.74, 6) is 0.267. The number of anilines is 2. The first-order chi connectivity index (χ1) is 51.8. The van der Waals surface area contributed by atoms with Crippen LogP contribution in [0.25, 0.3) is 0 Å². The lowest BCUT2D eigenvalue weighted by Gasteiger charge is -2.32. The molecule has 1 fully saturated rings. The van der Waals surface area contributed by atoms with Gasteiger partial charge in [0.15, 0.2) is 5.06 Å². The van der Waals surface area contributed by atoms with E-state index in [9.17, 15) is 10.1 Å². The Morgan fingerprint density at radius 1 is 0.418 bits per heavy atom. The molecule has 0 saturated carbocycles. The van der Waals surface area contributed by atoms with Crippen LogP contribution in [-0.2, 0) is 60.5 Å². The third kappa shape index (κ3) is 46.0. The Kier molecular flexibility index (Phi) is 56.0. The van der Waals surface area contributed by atoms with E-state index >= 15 is 0 Å². The van der Waals surface area contributed by atoms with Gasteiger partial charge in [0.25, 0.3) is 11.6 Å². The SMILES string of the molecule is CC1(C)OB(c2ccc(N)cc2)OC1(C)C.CCc1ccc(B(O)O)cc1.CCc1cccc(B(O)O)c1.COc1ccc(B(O)O)o1.COc1ccc(B(O)O)s1.Nc1cccc(B(O)O)c1.O=C=O.O=C=O.O=C=O.O=C=O.O=[N+]([O-])c1cccc(B(O)O)c1.OB(O)c1ccccc1.OB(O)c1ccccc1. The van der Waals surface area contributed by atoms with Crippen molar-refractivity contribution in [1.29, 1.82) is 0 Å². The summed E-state index contributed by atoms with van der Waals surface area (Å²) >= 11 is 1.22. The van der Waals surface area contributed by atoms with Gasteiger partial charge in [-0.2, -0.15) is 38.4 Å². The topological polar surface area (TPSA) is 605 Å². The number of thiophene rings is 1. The predicted molar refractivity (Wildman–Crippen MR) is 410 cm³/mol. The second kappa shape index (κ2) is 59.5. The lowest BCUT2D eigenvalue weighted by atomic mass is 9.79. The summed E-state index contributed by atoms with van der Waals surface area (Å²) in [5, 5.41) is 149. The van der Waals surface area contributed by atoms with Gasteiger partial charge < -0.3 is 115 Å². The molecule has 20 N–H and O–H groups in total. The van der Waals surface area contributed by atoms with Crippen LogP contribution in [0.2, 0.25) is 0 Å². The van der Waals surface area contributed by atoms with Crippen LogP contribution in [0.15, 0.2) is 211 Å². The Morgan fingerprint density at radius 3 is 1.11 bits per heavy atom. The van der Waals surface area contributed by atoms with Crippen molar-refractivity contribution in [3.8, 4) is 11.0 Å². The van der Waals surface area contributed by atoms with Crippen LogP contribution in [0, 0.1) is 10.1 Å². The summed E-state index contributed by atoms with van der Waals surface area (Å²) in [6.07, 6.45) is 2.89. The highest BCUT2D eigenvalue weighted by atomic mass is 32.1. The number of ether oxygens (including phenoxy) is 2. The molecule has 10 rings (SSSR count). The highest BCUT2D eigenvalue weighted by Crippen LogP contribution is 2.36. The van der Waals surface area contributed by atoms with Crippen LogP contribution < -0.4 is 69.6 Å². The van der Waals surface area contributed by atoms with E-state index in [4.69, 9.17) is 149 Å². The van der Waals surface area contributed by atoms with Crippen LogP contribution >= 0.6 is 11.3 Å². The second-order valence-corrected chi connectivity index (χ2v) is 22.9.